The smallest absolute Gasteiger partial charge is 0.316 e. The number of aliphatic carboxylic acids is 1. The van der Waals surface area contributed by atoms with Gasteiger partial charge in [-0.1, -0.05) is 28.1 Å². The molecule has 0 amide bonds. The van der Waals surface area contributed by atoms with E-state index < -0.39 is 17.3 Å². The van der Waals surface area contributed by atoms with Crippen molar-refractivity contribution >= 4 is 21.9 Å². The zero-order valence-corrected chi connectivity index (χ0v) is 9.80. The molecule has 1 aliphatic carbocycles. The van der Waals surface area contributed by atoms with Crippen LogP contribution in [0.25, 0.3) is 0 Å². The van der Waals surface area contributed by atoms with Gasteiger partial charge < -0.3 is 5.11 Å². The zero-order valence-electron chi connectivity index (χ0n) is 8.21. The van der Waals surface area contributed by atoms with Crippen molar-refractivity contribution in [1.29, 1.82) is 0 Å². The molecule has 0 saturated heterocycles. The Bertz CT molecular complexity index is 441. The van der Waals surface area contributed by atoms with Crippen LogP contribution in [0.3, 0.4) is 0 Å². The topological polar surface area (TPSA) is 37.3 Å². The first-order valence-electron chi connectivity index (χ1n) is 4.77. The predicted molar refractivity (Wildman–Crippen MR) is 57.3 cm³/mol. The van der Waals surface area contributed by atoms with E-state index in [1.54, 1.807) is 6.07 Å². The maximum atomic E-state index is 14.0. The quantitative estimate of drug-likeness (QED) is 0.926. The molecule has 1 N–H and O–H groups in total. The fourth-order valence-electron chi connectivity index (χ4n) is 1.75. The number of rotatable bonds is 3. The van der Waals surface area contributed by atoms with Gasteiger partial charge in [0.2, 0.25) is 0 Å². The van der Waals surface area contributed by atoms with Crippen LogP contribution in [-0.4, -0.2) is 11.1 Å². The molecule has 1 aromatic rings. The number of hydrogen-bond donors (Lipinski definition) is 1. The number of carboxylic acid groups (broad SMARTS) is 1. The van der Waals surface area contributed by atoms with Crippen LogP contribution in [0.2, 0.25) is 0 Å². The van der Waals surface area contributed by atoms with Crippen molar-refractivity contribution in [2.75, 3.05) is 0 Å². The number of hydrogen-bond acceptors (Lipinski definition) is 1. The van der Waals surface area contributed by atoms with Gasteiger partial charge in [0.25, 0.3) is 5.92 Å². The molecule has 0 bridgehead atoms. The van der Waals surface area contributed by atoms with Crippen molar-refractivity contribution in [3.05, 3.63) is 34.3 Å². The van der Waals surface area contributed by atoms with Crippen molar-refractivity contribution in [3.8, 4) is 0 Å². The van der Waals surface area contributed by atoms with Crippen molar-refractivity contribution in [3.63, 3.8) is 0 Å². The molecule has 0 aliphatic heterocycles. The van der Waals surface area contributed by atoms with Crippen molar-refractivity contribution in [2.45, 2.75) is 18.8 Å². The summed E-state index contributed by atoms with van der Waals surface area (Å²) in [5.41, 5.74) is -2.14. The van der Waals surface area contributed by atoms with Crippen LogP contribution in [0.5, 0.6) is 0 Å². The third-order valence-electron chi connectivity index (χ3n) is 2.95. The maximum Gasteiger partial charge on any atom is 0.316 e. The summed E-state index contributed by atoms with van der Waals surface area (Å²) in [5.74, 6) is -4.74. The van der Waals surface area contributed by atoms with Crippen LogP contribution in [-0.2, 0) is 10.7 Å². The molecule has 2 rings (SSSR count). The lowest BCUT2D eigenvalue weighted by Gasteiger charge is -2.23. The minimum atomic E-state index is -3.32. The van der Waals surface area contributed by atoms with Crippen molar-refractivity contribution in [1.82, 2.24) is 0 Å². The zero-order chi connectivity index (χ0) is 12.0. The van der Waals surface area contributed by atoms with E-state index in [9.17, 15) is 13.6 Å². The number of carboxylic acids is 1. The molecule has 0 heterocycles. The van der Waals surface area contributed by atoms with Crippen LogP contribution in [0.4, 0.5) is 8.78 Å². The lowest BCUT2D eigenvalue weighted by atomic mass is 9.92. The minimum Gasteiger partial charge on any atom is -0.481 e. The monoisotopic (exact) mass is 290 g/mol. The Labute approximate surface area is 99.4 Å². The van der Waals surface area contributed by atoms with Gasteiger partial charge in [-0.25, -0.2) is 8.78 Å². The molecule has 0 radical (unpaired) electrons. The Morgan fingerprint density at radius 1 is 1.44 bits per heavy atom. The number of halogens is 3. The summed E-state index contributed by atoms with van der Waals surface area (Å²) in [4.78, 5) is 10.9. The molecule has 1 aromatic carbocycles. The Morgan fingerprint density at radius 3 is 2.50 bits per heavy atom. The minimum absolute atomic E-state index is 0.0296. The van der Waals surface area contributed by atoms with E-state index in [1.807, 2.05) is 0 Å². The fourth-order valence-corrected chi connectivity index (χ4v) is 2.15. The van der Waals surface area contributed by atoms with E-state index in [0.717, 1.165) is 0 Å². The highest BCUT2D eigenvalue weighted by Gasteiger charge is 2.68. The lowest BCUT2D eigenvalue weighted by Crippen LogP contribution is -2.34. The summed E-state index contributed by atoms with van der Waals surface area (Å²) in [6.45, 7) is 0. The average molecular weight is 291 g/mol. The van der Waals surface area contributed by atoms with E-state index in [1.165, 1.54) is 18.2 Å². The van der Waals surface area contributed by atoms with Gasteiger partial charge in [-0.05, 0) is 25.0 Å². The SMILES string of the molecule is O=C(O)C1(C(F)(F)c2cccc(Br)c2)CC1. The molecule has 16 heavy (non-hydrogen) atoms. The summed E-state index contributed by atoms with van der Waals surface area (Å²) >= 11 is 3.10. The highest BCUT2D eigenvalue weighted by atomic mass is 79.9. The molecule has 0 aromatic heterocycles. The van der Waals surface area contributed by atoms with Gasteiger partial charge in [0.1, 0.15) is 5.41 Å². The summed E-state index contributed by atoms with van der Waals surface area (Å²) < 4.78 is 28.6. The van der Waals surface area contributed by atoms with Gasteiger partial charge in [-0.15, -0.1) is 0 Å². The normalized spacial score (nSPS) is 18.2. The summed E-state index contributed by atoms with van der Waals surface area (Å²) in [7, 11) is 0. The summed E-state index contributed by atoms with van der Waals surface area (Å²) in [5, 5.41) is 8.88. The second kappa shape index (κ2) is 3.52. The number of carbonyl (C=O) groups is 1. The number of benzene rings is 1. The second-order valence-corrected chi connectivity index (χ2v) is 4.89. The van der Waals surface area contributed by atoms with Crippen LogP contribution in [0.15, 0.2) is 28.7 Å². The van der Waals surface area contributed by atoms with Gasteiger partial charge in [-0.2, -0.15) is 0 Å². The van der Waals surface area contributed by atoms with Gasteiger partial charge in [0.05, 0.1) is 0 Å². The standard InChI is InChI=1S/C11H9BrF2O2/c12-8-3-1-2-7(6-8)11(13,14)10(4-5-10)9(15)16/h1-3,6H,4-5H2,(H,15,16). The molecule has 86 valence electrons. The van der Waals surface area contributed by atoms with Crippen LogP contribution < -0.4 is 0 Å². The molecule has 2 nitrogen and oxygen atoms in total. The van der Waals surface area contributed by atoms with Gasteiger partial charge >= 0.3 is 5.97 Å². The molecule has 1 aliphatic rings. The summed E-state index contributed by atoms with van der Waals surface area (Å²) in [6, 6.07) is 5.63. The summed E-state index contributed by atoms with van der Waals surface area (Å²) in [6.07, 6.45) is 0.0592. The largest absolute Gasteiger partial charge is 0.481 e. The van der Waals surface area contributed by atoms with Gasteiger partial charge in [0, 0.05) is 10.0 Å². The Kier molecular flexibility index (Phi) is 2.53. The van der Waals surface area contributed by atoms with Crippen molar-refractivity contribution in [2.24, 2.45) is 5.41 Å². The Morgan fingerprint density at radius 2 is 2.06 bits per heavy atom. The highest BCUT2D eigenvalue weighted by Crippen LogP contribution is 2.61. The fraction of sp³-hybridized carbons (Fsp3) is 0.364. The van der Waals surface area contributed by atoms with E-state index in [-0.39, 0.29) is 18.4 Å². The van der Waals surface area contributed by atoms with Crippen molar-refractivity contribution < 1.29 is 18.7 Å². The van der Waals surface area contributed by atoms with Crippen LogP contribution in [0, 0.1) is 5.41 Å². The predicted octanol–water partition coefficient (Wildman–Crippen LogP) is 3.41. The molecular weight excluding hydrogens is 282 g/mol. The van der Waals surface area contributed by atoms with Crippen LogP contribution >= 0.6 is 15.9 Å². The third kappa shape index (κ3) is 1.54. The molecule has 1 saturated carbocycles. The van der Waals surface area contributed by atoms with E-state index in [0.29, 0.717) is 4.47 Å². The van der Waals surface area contributed by atoms with Gasteiger partial charge in [-0.3, -0.25) is 4.79 Å². The first kappa shape index (κ1) is 11.5. The van der Waals surface area contributed by atoms with E-state index in [2.05, 4.69) is 15.9 Å². The van der Waals surface area contributed by atoms with Crippen LogP contribution in [0.1, 0.15) is 18.4 Å². The maximum absolute atomic E-state index is 14.0. The molecule has 0 unspecified atom stereocenters. The lowest BCUT2D eigenvalue weighted by molar-refractivity contribution is -0.163. The molecule has 1 fully saturated rings. The molecule has 0 atom stereocenters. The van der Waals surface area contributed by atoms with E-state index >= 15 is 0 Å². The average Bonchev–Trinajstić information content (AvgIpc) is 2.98. The van der Waals surface area contributed by atoms with E-state index in [4.69, 9.17) is 5.11 Å². The second-order valence-electron chi connectivity index (χ2n) is 3.97. The van der Waals surface area contributed by atoms with Gasteiger partial charge in [0.15, 0.2) is 0 Å². The highest BCUT2D eigenvalue weighted by molar-refractivity contribution is 9.10. The first-order valence-corrected chi connectivity index (χ1v) is 5.57. The molecule has 0 spiro atoms. The molecule has 5 heteroatoms. The molecular formula is C11H9BrF2O2. The first-order chi connectivity index (χ1) is 7.40. The Hall–Kier alpha value is -0.970. The third-order valence-corrected chi connectivity index (χ3v) is 3.44. The number of alkyl halides is 2. The Balaban J connectivity index is 2.43.